The normalized spacial score (nSPS) is 10.1. The summed E-state index contributed by atoms with van der Waals surface area (Å²) in [5.41, 5.74) is 2.15. The van der Waals surface area contributed by atoms with Crippen LogP contribution in [0.25, 0.3) is 0 Å². The molecule has 0 radical (unpaired) electrons. The summed E-state index contributed by atoms with van der Waals surface area (Å²) in [5.74, 6) is 0.246. The molecule has 2 nitrogen and oxygen atoms in total. The van der Waals surface area contributed by atoms with E-state index in [1.807, 2.05) is 24.3 Å². The van der Waals surface area contributed by atoms with Crippen molar-refractivity contribution in [2.45, 2.75) is 5.88 Å². The molecule has 0 aliphatic carbocycles. The van der Waals surface area contributed by atoms with E-state index >= 15 is 0 Å². The monoisotopic (exact) mass is 279 g/mol. The molecular formula is C14H11Cl2NO. The van der Waals surface area contributed by atoms with Gasteiger partial charge in [-0.2, -0.15) is 0 Å². The van der Waals surface area contributed by atoms with Crippen molar-refractivity contribution < 1.29 is 4.79 Å². The van der Waals surface area contributed by atoms with Gasteiger partial charge in [-0.25, -0.2) is 0 Å². The maximum atomic E-state index is 12.0. The Kier molecular flexibility index (Phi) is 4.24. The first kappa shape index (κ1) is 12.9. The van der Waals surface area contributed by atoms with Crippen LogP contribution in [0.15, 0.2) is 48.5 Å². The van der Waals surface area contributed by atoms with Gasteiger partial charge in [-0.1, -0.05) is 35.9 Å². The molecule has 0 aromatic heterocycles. The van der Waals surface area contributed by atoms with E-state index in [-0.39, 0.29) is 5.91 Å². The second kappa shape index (κ2) is 5.89. The number of hydrogen-bond donors (Lipinski definition) is 1. The summed E-state index contributed by atoms with van der Waals surface area (Å²) in [4.78, 5) is 12.0. The van der Waals surface area contributed by atoms with E-state index in [1.165, 1.54) is 0 Å². The van der Waals surface area contributed by atoms with Gasteiger partial charge < -0.3 is 5.32 Å². The van der Waals surface area contributed by atoms with E-state index < -0.39 is 0 Å². The summed E-state index contributed by atoms with van der Waals surface area (Å²) < 4.78 is 0. The van der Waals surface area contributed by atoms with E-state index in [4.69, 9.17) is 23.2 Å². The predicted molar refractivity (Wildman–Crippen MR) is 75.4 cm³/mol. The first-order valence-corrected chi connectivity index (χ1v) is 6.33. The standard InChI is InChI=1S/C14H11Cl2NO/c15-9-10-5-7-11(8-6-10)14(18)17-13-4-2-1-3-12(13)16/h1-8H,9H2,(H,17,18). The molecule has 0 aliphatic heterocycles. The highest BCUT2D eigenvalue weighted by Crippen LogP contribution is 2.21. The van der Waals surface area contributed by atoms with Crippen molar-refractivity contribution in [3.8, 4) is 0 Å². The smallest absolute Gasteiger partial charge is 0.255 e. The van der Waals surface area contributed by atoms with Crippen LogP contribution in [0.3, 0.4) is 0 Å². The first-order chi connectivity index (χ1) is 8.70. The Morgan fingerprint density at radius 3 is 2.33 bits per heavy atom. The molecule has 0 fully saturated rings. The van der Waals surface area contributed by atoms with Gasteiger partial charge in [-0.3, -0.25) is 4.79 Å². The number of halogens is 2. The molecule has 2 aromatic rings. The summed E-state index contributed by atoms with van der Waals surface area (Å²) in [5, 5.41) is 3.28. The Bertz CT molecular complexity index is 552. The van der Waals surface area contributed by atoms with Gasteiger partial charge in [0, 0.05) is 11.4 Å². The largest absolute Gasteiger partial charge is 0.321 e. The fourth-order valence-corrected chi connectivity index (χ4v) is 1.86. The van der Waals surface area contributed by atoms with Crippen molar-refractivity contribution in [2.24, 2.45) is 0 Å². The Morgan fingerprint density at radius 2 is 1.72 bits per heavy atom. The van der Waals surface area contributed by atoms with Gasteiger partial charge in [0.2, 0.25) is 0 Å². The third-order valence-electron chi connectivity index (χ3n) is 2.49. The van der Waals surface area contributed by atoms with Crippen molar-refractivity contribution in [3.05, 3.63) is 64.7 Å². The predicted octanol–water partition coefficient (Wildman–Crippen LogP) is 4.33. The third kappa shape index (κ3) is 3.03. The Balaban J connectivity index is 2.14. The van der Waals surface area contributed by atoms with Gasteiger partial charge in [-0.15, -0.1) is 11.6 Å². The van der Waals surface area contributed by atoms with E-state index in [9.17, 15) is 4.79 Å². The minimum absolute atomic E-state index is 0.191. The van der Waals surface area contributed by atoms with Crippen LogP contribution < -0.4 is 5.32 Å². The SMILES string of the molecule is O=C(Nc1ccccc1Cl)c1ccc(CCl)cc1. The van der Waals surface area contributed by atoms with Crippen LogP contribution in [-0.4, -0.2) is 5.91 Å². The fourth-order valence-electron chi connectivity index (χ4n) is 1.50. The Morgan fingerprint density at radius 1 is 1.06 bits per heavy atom. The van der Waals surface area contributed by atoms with Crippen molar-refractivity contribution in [1.82, 2.24) is 0 Å². The van der Waals surface area contributed by atoms with Crippen molar-refractivity contribution in [1.29, 1.82) is 0 Å². The lowest BCUT2D eigenvalue weighted by atomic mass is 10.1. The number of amides is 1. The van der Waals surface area contributed by atoms with E-state index in [0.717, 1.165) is 5.56 Å². The number of carbonyl (C=O) groups excluding carboxylic acids is 1. The highest BCUT2D eigenvalue weighted by atomic mass is 35.5. The molecular weight excluding hydrogens is 269 g/mol. The lowest BCUT2D eigenvalue weighted by Gasteiger charge is -2.07. The molecule has 0 bridgehead atoms. The van der Waals surface area contributed by atoms with Crippen LogP contribution in [0.4, 0.5) is 5.69 Å². The molecule has 0 spiro atoms. The van der Waals surface area contributed by atoms with Crippen LogP contribution >= 0.6 is 23.2 Å². The molecule has 1 N–H and O–H groups in total. The quantitative estimate of drug-likeness (QED) is 0.833. The molecule has 18 heavy (non-hydrogen) atoms. The molecule has 4 heteroatoms. The zero-order valence-corrected chi connectivity index (χ0v) is 11.0. The maximum absolute atomic E-state index is 12.0. The zero-order valence-electron chi connectivity index (χ0n) is 9.49. The van der Waals surface area contributed by atoms with Crippen LogP contribution in [0, 0.1) is 0 Å². The second-order valence-electron chi connectivity index (χ2n) is 3.76. The summed E-state index contributed by atoms with van der Waals surface area (Å²) in [6, 6.07) is 14.3. The number of rotatable bonds is 3. The molecule has 2 rings (SSSR count). The minimum Gasteiger partial charge on any atom is -0.321 e. The molecule has 0 unspecified atom stereocenters. The van der Waals surface area contributed by atoms with Crippen LogP contribution in [0.2, 0.25) is 5.02 Å². The summed E-state index contributed by atoms with van der Waals surface area (Å²) >= 11 is 11.7. The summed E-state index contributed by atoms with van der Waals surface area (Å²) in [6.45, 7) is 0. The summed E-state index contributed by atoms with van der Waals surface area (Å²) in [7, 11) is 0. The van der Waals surface area contributed by atoms with E-state index in [2.05, 4.69) is 5.32 Å². The van der Waals surface area contributed by atoms with Crippen LogP contribution in [0.5, 0.6) is 0 Å². The number of para-hydroxylation sites is 1. The first-order valence-electron chi connectivity index (χ1n) is 5.41. The van der Waals surface area contributed by atoms with Gasteiger partial charge in [0.05, 0.1) is 10.7 Å². The van der Waals surface area contributed by atoms with Crippen LogP contribution in [-0.2, 0) is 5.88 Å². The average Bonchev–Trinajstić information content (AvgIpc) is 2.41. The molecule has 0 heterocycles. The lowest BCUT2D eigenvalue weighted by molar-refractivity contribution is 0.102. The van der Waals surface area contributed by atoms with Crippen molar-refractivity contribution >= 4 is 34.8 Å². The molecule has 0 saturated carbocycles. The maximum Gasteiger partial charge on any atom is 0.255 e. The topological polar surface area (TPSA) is 29.1 Å². The number of nitrogens with one attached hydrogen (secondary N) is 1. The lowest BCUT2D eigenvalue weighted by Crippen LogP contribution is -2.12. The van der Waals surface area contributed by atoms with Gasteiger partial charge in [0.1, 0.15) is 0 Å². The van der Waals surface area contributed by atoms with Gasteiger partial charge in [0.25, 0.3) is 5.91 Å². The molecule has 2 aromatic carbocycles. The van der Waals surface area contributed by atoms with Gasteiger partial charge >= 0.3 is 0 Å². The number of anilines is 1. The number of carbonyl (C=O) groups is 1. The number of benzene rings is 2. The van der Waals surface area contributed by atoms with E-state index in [0.29, 0.717) is 22.2 Å². The highest BCUT2D eigenvalue weighted by Gasteiger charge is 2.07. The van der Waals surface area contributed by atoms with E-state index in [1.54, 1.807) is 24.3 Å². The minimum atomic E-state index is -0.191. The molecule has 92 valence electrons. The highest BCUT2D eigenvalue weighted by molar-refractivity contribution is 6.33. The third-order valence-corrected chi connectivity index (χ3v) is 3.13. The molecule has 0 saturated heterocycles. The molecule has 0 atom stereocenters. The molecule has 0 aliphatic rings. The van der Waals surface area contributed by atoms with Gasteiger partial charge in [0.15, 0.2) is 0 Å². The zero-order chi connectivity index (χ0) is 13.0. The molecule has 1 amide bonds. The van der Waals surface area contributed by atoms with Crippen molar-refractivity contribution in [2.75, 3.05) is 5.32 Å². The van der Waals surface area contributed by atoms with Crippen molar-refractivity contribution in [3.63, 3.8) is 0 Å². The fraction of sp³-hybridized carbons (Fsp3) is 0.0714. The Hall–Kier alpha value is -1.51. The Labute approximate surface area is 116 Å². The number of hydrogen-bond acceptors (Lipinski definition) is 1. The second-order valence-corrected chi connectivity index (χ2v) is 4.44. The number of alkyl halides is 1. The van der Waals surface area contributed by atoms with Crippen LogP contribution in [0.1, 0.15) is 15.9 Å². The summed E-state index contributed by atoms with van der Waals surface area (Å²) in [6.07, 6.45) is 0. The van der Waals surface area contributed by atoms with Gasteiger partial charge in [-0.05, 0) is 29.8 Å². The average molecular weight is 280 g/mol.